The van der Waals surface area contributed by atoms with Gasteiger partial charge in [0.15, 0.2) is 0 Å². The fourth-order valence-corrected chi connectivity index (χ4v) is 4.42. The molecule has 2 aromatic rings. The number of carbonyl (C=O) groups excluding carboxylic acids is 1. The molecule has 1 saturated heterocycles. The normalized spacial score (nSPS) is 16.4. The summed E-state index contributed by atoms with van der Waals surface area (Å²) in [6.45, 7) is 0.351. The van der Waals surface area contributed by atoms with Crippen molar-refractivity contribution < 1.29 is 22.0 Å². The van der Waals surface area contributed by atoms with Crippen LogP contribution in [0, 0.1) is 17.6 Å². The number of hydrazone groups is 1. The average molecular weight is 407 g/mol. The van der Waals surface area contributed by atoms with E-state index in [1.165, 1.54) is 34.8 Å². The Balaban J connectivity index is 1.55. The third kappa shape index (κ3) is 4.60. The molecule has 1 fully saturated rings. The topological polar surface area (TPSA) is 78.8 Å². The first kappa shape index (κ1) is 20.1. The Morgan fingerprint density at radius 1 is 1.07 bits per heavy atom. The monoisotopic (exact) mass is 407 g/mol. The lowest BCUT2D eigenvalue weighted by molar-refractivity contribution is -0.126. The number of benzene rings is 2. The molecule has 0 saturated carbocycles. The lowest BCUT2D eigenvalue weighted by atomic mass is 9.98. The van der Waals surface area contributed by atoms with Crippen molar-refractivity contribution in [1.82, 2.24) is 9.73 Å². The molecule has 148 valence electrons. The highest BCUT2D eigenvalue weighted by Crippen LogP contribution is 2.24. The number of piperidine rings is 1. The summed E-state index contributed by atoms with van der Waals surface area (Å²) in [5.74, 6) is -1.69. The minimum atomic E-state index is -3.72. The third-order valence-corrected chi connectivity index (χ3v) is 6.47. The summed E-state index contributed by atoms with van der Waals surface area (Å²) < 4.78 is 52.9. The van der Waals surface area contributed by atoms with E-state index in [1.807, 2.05) is 0 Å². The third-order valence-electron chi connectivity index (χ3n) is 4.56. The van der Waals surface area contributed by atoms with Crippen LogP contribution in [-0.2, 0) is 14.8 Å². The van der Waals surface area contributed by atoms with Crippen LogP contribution >= 0.6 is 0 Å². The zero-order valence-electron chi connectivity index (χ0n) is 14.9. The maximum atomic E-state index is 13.5. The number of nitrogens with one attached hydrogen (secondary N) is 1. The second-order valence-corrected chi connectivity index (χ2v) is 8.33. The second kappa shape index (κ2) is 8.57. The molecule has 0 spiro atoms. The van der Waals surface area contributed by atoms with Crippen LogP contribution in [0.25, 0.3) is 0 Å². The van der Waals surface area contributed by atoms with Crippen LogP contribution in [0.1, 0.15) is 18.4 Å². The van der Waals surface area contributed by atoms with Crippen molar-refractivity contribution in [2.45, 2.75) is 17.7 Å². The molecule has 1 N–H and O–H groups in total. The fraction of sp³-hybridized carbons (Fsp3) is 0.263. The SMILES string of the molecule is O=C(N/N=C\c1ccccc1F)C1CCN(S(=O)(=O)c2ccc(F)cc2)CC1. The Labute approximate surface area is 161 Å². The fourth-order valence-electron chi connectivity index (χ4n) is 2.95. The van der Waals surface area contributed by atoms with Crippen LogP contribution < -0.4 is 5.43 Å². The highest BCUT2D eigenvalue weighted by Gasteiger charge is 2.32. The van der Waals surface area contributed by atoms with Gasteiger partial charge in [0.2, 0.25) is 15.9 Å². The van der Waals surface area contributed by atoms with Crippen molar-refractivity contribution >= 4 is 22.1 Å². The van der Waals surface area contributed by atoms with E-state index in [1.54, 1.807) is 12.1 Å². The van der Waals surface area contributed by atoms with E-state index in [0.717, 1.165) is 12.1 Å². The molecule has 1 aliphatic rings. The van der Waals surface area contributed by atoms with Crippen LogP contribution in [0.4, 0.5) is 8.78 Å². The summed E-state index contributed by atoms with van der Waals surface area (Å²) in [6, 6.07) is 10.7. The summed E-state index contributed by atoms with van der Waals surface area (Å²) in [6.07, 6.45) is 1.89. The second-order valence-electron chi connectivity index (χ2n) is 6.39. The molecule has 0 aromatic heterocycles. The van der Waals surface area contributed by atoms with Gasteiger partial charge >= 0.3 is 0 Å². The number of rotatable bonds is 5. The molecule has 1 amide bonds. The first-order valence-electron chi connectivity index (χ1n) is 8.71. The Kier molecular flexibility index (Phi) is 6.15. The summed E-state index contributed by atoms with van der Waals surface area (Å²) in [5.41, 5.74) is 2.63. The molecule has 0 bridgehead atoms. The van der Waals surface area contributed by atoms with Gasteiger partial charge in [-0.05, 0) is 43.2 Å². The first-order valence-corrected chi connectivity index (χ1v) is 10.1. The molecule has 0 unspecified atom stereocenters. The number of hydrogen-bond acceptors (Lipinski definition) is 4. The van der Waals surface area contributed by atoms with Crippen molar-refractivity contribution in [3.8, 4) is 0 Å². The van der Waals surface area contributed by atoms with E-state index in [0.29, 0.717) is 12.8 Å². The van der Waals surface area contributed by atoms with Gasteiger partial charge in [0.05, 0.1) is 11.1 Å². The maximum absolute atomic E-state index is 13.5. The zero-order valence-corrected chi connectivity index (χ0v) is 15.7. The van der Waals surface area contributed by atoms with Crippen molar-refractivity contribution in [1.29, 1.82) is 0 Å². The standard InChI is InChI=1S/C19H19F2N3O3S/c20-16-5-7-17(8-6-16)28(26,27)24-11-9-14(10-12-24)19(25)23-22-13-15-3-1-2-4-18(15)21/h1-8,13-14H,9-12H2,(H,23,25)/b22-13-. The average Bonchev–Trinajstić information content (AvgIpc) is 2.70. The lowest BCUT2D eigenvalue weighted by Gasteiger charge is -2.30. The maximum Gasteiger partial charge on any atom is 0.243 e. The quantitative estimate of drug-likeness (QED) is 0.611. The molecule has 9 heteroatoms. The number of halogens is 2. The lowest BCUT2D eigenvalue weighted by Crippen LogP contribution is -2.42. The molecule has 0 aliphatic carbocycles. The van der Waals surface area contributed by atoms with Gasteiger partial charge in [-0.3, -0.25) is 4.79 Å². The number of amides is 1. The molecular weight excluding hydrogens is 388 g/mol. The molecule has 6 nitrogen and oxygen atoms in total. The van der Waals surface area contributed by atoms with E-state index in [9.17, 15) is 22.0 Å². The van der Waals surface area contributed by atoms with Crippen LogP contribution in [0.15, 0.2) is 58.5 Å². The minimum absolute atomic E-state index is 0.0197. The summed E-state index contributed by atoms with van der Waals surface area (Å²) in [7, 11) is -3.72. The molecule has 1 aliphatic heterocycles. The number of nitrogens with zero attached hydrogens (tertiary/aromatic N) is 2. The van der Waals surface area contributed by atoms with Crippen molar-refractivity contribution in [3.05, 3.63) is 65.7 Å². The van der Waals surface area contributed by atoms with Gasteiger partial charge in [-0.2, -0.15) is 9.41 Å². The number of hydrogen-bond donors (Lipinski definition) is 1. The van der Waals surface area contributed by atoms with Crippen LogP contribution in [0.5, 0.6) is 0 Å². The highest BCUT2D eigenvalue weighted by atomic mass is 32.2. The molecular formula is C19H19F2N3O3S. The van der Waals surface area contributed by atoms with Crippen LogP contribution in [0.3, 0.4) is 0 Å². The molecule has 0 atom stereocenters. The van der Waals surface area contributed by atoms with Crippen molar-refractivity contribution in [2.75, 3.05) is 13.1 Å². The van der Waals surface area contributed by atoms with Gasteiger partial charge in [-0.1, -0.05) is 18.2 Å². The van der Waals surface area contributed by atoms with Gasteiger partial charge < -0.3 is 0 Å². The minimum Gasteiger partial charge on any atom is -0.273 e. The highest BCUT2D eigenvalue weighted by molar-refractivity contribution is 7.89. The van der Waals surface area contributed by atoms with Gasteiger partial charge in [0.1, 0.15) is 11.6 Å². The van der Waals surface area contributed by atoms with Crippen LogP contribution in [-0.4, -0.2) is 37.9 Å². The van der Waals surface area contributed by atoms with E-state index in [-0.39, 0.29) is 29.5 Å². The van der Waals surface area contributed by atoms with Gasteiger partial charge in [0, 0.05) is 24.6 Å². The number of sulfonamides is 1. The van der Waals surface area contributed by atoms with E-state index >= 15 is 0 Å². The predicted octanol–water partition coefficient (Wildman–Crippen LogP) is 2.52. The Morgan fingerprint density at radius 2 is 1.71 bits per heavy atom. The predicted molar refractivity (Wildman–Crippen MR) is 100 cm³/mol. The van der Waals surface area contributed by atoms with Crippen molar-refractivity contribution in [2.24, 2.45) is 11.0 Å². The molecule has 2 aromatic carbocycles. The Hall–Kier alpha value is -2.65. The molecule has 1 heterocycles. The summed E-state index contributed by atoms with van der Waals surface area (Å²) in [4.78, 5) is 12.2. The van der Waals surface area contributed by atoms with Gasteiger partial charge in [0.25, 0.3) is 0 Å². The van der Waals surface area contributed by atoms with Crippen molar-refractivity contribution in [3.63, 3.8) is 0 Å². The Morgan fingerprint density at radius 3 is 2.36 bits per heavy atom. The van der Waals surface area contributed by atoms with Gasteiger partial charge in [-0.15, -0.1) is 0 Å². The molecule has 28 heavy (non-hydrogen) atoms. The molecule has 0 radical (unpaired) electrons. The van der Waals surface area contributed by atoms with E-state index < -0.39 is 27.6 Å². The van der Waals surface area contributed by atoms with E-state index in [2.05, 4.69) is 10.5 Å². The largest absolute Gasteiger partial charge is 0.273 e. The smallest absolute Gasteiger partial charge is 0.243 e. The number of carbonyl (C=O) groups is 1. The first-order chi connectivity index (χ1) is 13.4. The van der Waals surface area contributed by atoms with Crippen LogP contribution in [0.2, 0.25) is 0 Å². The summed E-state index contributed by atoms with van der Waals surface area (Å²) >= 11 is 0. The molecule has 3 rings (SSSR count). The summed E-state index contributed by atoms with van der Waals surface area (Å²) in [5, 5.41) is 3.77. The van der Waals surface area contributed by atoms with E-state index in [4.69, 9.17) is 0 Å². The Bertz CT molecular complexity index is 970. The van der Waals surface area contributed by atoms with Gasteiger partial charge in [-0.25, -0.2) is 22.6 Å². The zero-order chi connectivity index (χ0) is 20.1.